The van der Waals surface area contributed by atoms with Gasteiger partial charge in [0.05, 0.1) is 45.5 Å². The summed E-state index contributed by atoms with van der Waals surface area (Å²) in [6, 6.07) is 51.0. The van der Waals surface area contributed by atoms with Crippen LogP contribution < -0.4 is 0 Å². The van der Waals surface area contributed by atoms with Gasteiger partial charge in [0.15, 0.2) is 0 Å². The average Bonchev–Trinajstić information content (AvgIpc) is 3.67. The van der Waals surface area contributed by atoms with Gasteiger partial charge in [-0.1, -0.05) is 72.8 Å². The number of fused-ring (bicyclic) bond motifs is 6. The van der Waals surface area contributed by atoms with Crippen LogP contribution in [0.4, 0.5) is 0 Å². The molecular weight excluding hydrogens is 585 g/mol. The van der Waals surface area contributed by atoms with Gasteiger partial charge >= 0.3 is 0 Å². The first-order valence-electron chi connectivity index (χ1n) is 16.2. The van der Waals surface area contributed by atoms with E-state index in [9.17, 15) is 10.5 Å². The van der Waals surface area contributed by atoms with Crippen molar-refractivity contribution in [3.05, 3.63) is 162 Å². The first kappa shape index (κ1) is 27.7. The molecule has 0 radical (unpaired) electrons. The lowest BCUT2D eigenvalue weighted by Gasteiger charge is -2.17. The Kier molecular flexibility index (Phi) is 6.35. The molecule has 0 amide bonds. The molecule has 2 heterocycles. The molecular formula is C44H28N4. The van der Waals surface area contributed by atoms with Crippen LogP contribution in [-0.2, 0) is 6.42 Å². The van der Waals surface area contributed by atoms with Gasteiger partial charge in [-0.2, -0.15) is 10.5 Å². The first-order chi connectivity index (χ1) is 23.7. The van der Waals surface area contributed by atoms with E-state index in [4.69, 9.17) is 0 Å². The largest absolute Gasteiger partial charge is 0.309 e. The number of allylic oxidation sites excluding steroid dienone is 1. The molecule has 8 aromatic rings. The van der Waals surface area contributed by atoms with E-state index in [1.54, 1.807) is 0 Å². The topological polar surface area (TPSA) is 57.4 Å². The zero-order chi connectivity index (χ0) is 32.2. The molecule has 2 aromatic heterocycles. The van der Waals surface area contributed by atoms with E-state index in [1.165, 1.54) is 16.3 Å². The molecule has 6 aromatic carbocycles. The van der Waals surface area contributed by atoms with Crippen molar-refractivity contribution in [3.8, 4) is 45.8 Å². The van der Waals surface area contributed by atoms with Crippen LogP contribution in [0.2, 0.25) is 0 Å². The summed E-state index contributed by atoms with van der Waals surface area (Å²) in [6.07, 6.45) is 6.34. The molecule has 0 unspecified atom stereocenters. The van der Waals surface area contributed by atoms with Crippen molar-refractivity contribution in [3.63, 3.8) is 0 Å². The molecule has 224 valence electrons. The molecule has 4 heteroatoms. The Bertz CT molecular complexity index is 2650. The Hall–Kier alpha value is -6.62. The average molecular weight is 613 g/mol. The highest BCUT2D eigenvalue weighted by Crippen LogP contribution is 2.39. The molecule has 0 atom stereocenters. The predicted octanol–water partition coefficient (Wildman–Crippen LogP) is 10.8. The summed E-state index contributed by atoms with van der Waals surface area (Å²) in [5.74, 6) is 0. The molecule has 1 aliphatic carbocycles. The van der Waals surface area contributed by atoms with Crippen molar-refractivity contribution in [2.45, 2.75) is 12.8 Å². The second-order valence-electron chi connectivity index (χ2n) is 12.3. The molecule has 0 saturated carbocycles. The van der Waals surface area contributed by atoms with Crippen molar-refractivity contribution in [1.29, 1.82) is 10.5 Å². The van der Waals surface area contributed by atoms with Crippen LogP contribution in [0.1, 0.15) is 28.8 Å². The lowest BCUT2D eigenvalue weighted by Crippen LogP contribution is -2.02. The van der Waals surface area contributed by atoms with Crippen LogP contribution >= 0.6 is 0 Å². The Morgan fingerprint density at radius 2 is 1.23 bits per heavy atom. The number of benzene rings is 6. The van der Waals surface area contributed by atoms with Crippen LogP contribution in [-0.4, -0.2) is 9.13 Å². The highest BCUT2D eigenvalue weighted by atomic mass is 15.0. The van der Waals surface area contributed by atoms with Gasteiger partial charge in [0, 0.05) is 33.1 Å². The Morgan fingerprint density at radius 3 is 2.02 bits per heavy atom. The predicted molar refractivity (Wildman–Crippen MR) is 195 cm³/mol. The van der Waals surface area contributed by atoms with E-state index in [1.807, 2.05) is 24.3 Å². The van der Waals surface area contributed by atoms with Crippen LogP contribution in [0, 0.1) is 22.7 Å². The molecule has 0 N–H and O–H groups in total. The van der Waals surface area contributed by atoms with Gasteiger partial charge < -0.3 is 9.13 Å². The summed E-state index contributed by atoms with van der Waals surface area (Å²) in [5.41, 5.74) is 13.3. The number of nitriles is 2. The second-order valence-corrected chi connectivity index (χ2v) is 12.3. The van der Waals surface area contributed by atoms with E-state index in [0.717, 1.165) is 74.1 Å². The normalized spacial score (nSPS) is 12.3. The summed E-state index contributed by atoms with van der Waals surface area (Å²) in [7, 11) is 0. The van der Waals surface area contributed by atoms with Crippen LogP contribution in [0.15, 0.2) is 140 Å². The maximum Gasteiger partial charge on any atom is 0.0992 e. The molecule has 0 aliphatic heterocycles. The van der Waals surface area contributed by atoms with Gasteiger partial charge in [-0.15, -0.1) is 0 Å². The van der Waals surface area contributed by atoms with Crippen LogP contribution in [0.25, 0.3) is 72.4 Å². The summed E-state index contributed by atoms with van der Waals surface area (Å²) in [6.45, 7) is 0. The molecule has 48 heavy (non-hydrogen) atoms. The monoisotopic (exact) mass is 612 g/mol. The van der Waals surface area contributed by atoms with Crippen molar-refractivity contribution in [2.75, 3.05) is 0 Å². The van der Waals surface area contributed by atoms with E-state index >= 15 is 0 Å². The van der Waals surface area contributed by atoms with Gasteiger partial charge in [-0.05, 0) is 108 Å². The third-order valence-corrected chi connectivity index (χ3v) is 9.61. The number of hydrogen-bond acceptors (Lipinski definition) is 2. The fraction of sp³-hybridized carbons (Fsp3) is 0.0455. The molecule has 9 rings (SSSR count). The van der Waals surface area contributed by atoms with Crippen molar-refractivity contribution < 1.29 is 0 Å². The second kappa shape index (κ2) is 11.0. The maximum absolute atomic E-state index is 10.2. The minimum atomic E-state index is 0.609. The quantitative estimate of drug-likeness (QED) is 0.199. The number of aromatic nitrogens is 2. The number of rotatable bonds is 4. The fourth-order valence-corrected chi connectivity index (χ4v) is 7.52. The molecule has 0 fully saturated rings. The van der Waals surface area contributed by atoms with Gasteiger partial charge in [0.2, 0.25) is 0 Å². The lowest BCUT2D eigenvalue weighted by atomic mass is 9.95. The van der Waals surface area contributed by atoms with E-state index in [-0.39, 0.29) is 0 Å². The van der Waals surface area contributed by atoms with E-state index in [0.29, 0.717) is 11.1 Å². The zero-order valence-electron chi connectivity index (χ0n) is 26.1. The zero-order valence-corrected chi connectivity index (χ0v) is 26.1. The number of aryl methyl sites for hydroxylation is 1. The fourth-order valence-electron chi connectivity index (χ4n) is 7.52. The summed E-state index contributed by atoms with van der Waals surface area (Å²) in [5, 5.41) is 23.5. The minimum absolute atomic E-state index is 0.609. The molecule has 0 bridgehead atoms. The van der Waals surface area contributed by atoms with Crippen molar-refractivity contribution >= 4 is 38.8 Å². The molecule has 0 saturated heterocycles. The van der Waals surface area contributed by atoms with Gasteiger partial charge in [0.1, 0.15) is 0 Å². The molecule has 0 spiro atoms. The highest BCUT2D eigenvalue weighted by molar-refractivity contribution is 6.09. The standard InChI is InChI=1S/C44H28N4/c45-27-29-20-21-44-39(24-29)38-15-4-8-19-43(38)48(44)40-16-5-1-12-35(40)33-23-30(28-46)22-32(25-33)31-10-9-11-34(26-31)47-41-17-6-2-13-36(41)37-14-3-7-18-42(37)47/h1-3,5-14,16-26H,4,15H2. The third kappa shape index (κ3) is 4.28. The first-order valence-corrected chi connectivity index (χ1v) is 16.2. The van der Waals surface area contributed by atoms with E-state index in [2.05, 4.69) is 143 Å². The number of hydrogen-bond donors (Lipinski definition) is 0. The van der Waals surface area contributed by atoms with Crippen LogP contribution in [0.5, 0.6) is 0 Å². The van der Waals surface area contributed by atoms with Crippen LogP contribution in [0.3, 0.4) is 0 Å². The summed E-state index contributed by atoms with van der Waals surface area (Å²) >= 11 is 0. The van der Waals surface area contributed by atoms with Gasteiger partial charge in [0.25, 0.3) is 0 Å². The summed E-state index contributed by atoms with van der Waals surface area (Å²) < 4.78 is 4.64. The van der Waals surface area contributed by atoms with Gasteiger partial charge in [-0.25, -0.2) is 0 Å². The molecule has 1 aliphatic rings. The SMILES string of the molecule is N#Cc1cc(-c2cccc(-n3c4ccccc4c4ccccc43)c2)cc(-c2ccccc2-n2c3c(c4cc(C#N)ccc42)CCC=C3)c1. The summed E-state index contributed by atoms with van der Waals surface area (Å²) in [4.78, 5) is 0. The maximum atomic E-state index is 10.2. The van der Waals surface area contributed by atoms with Crippen molar-refractivity contribution in [1.82, 2.24) is 9.13 Å². The lowest BCUT2D eigenvalue weighted by molar-refractivity contribution is 0.968. The highest BCUT2D eigenvalue weighted by Gasteiger charge is 2.21. The number of nitrogens with zero attached hydrogens (tertiary/aromatic N) is 4. The third-order valence-electron chi connectivity index (χ3n) is 9.61. The smallest absolute Gasteiger partial charge is 0.0992 e. The Balaban J connectivity index is 1.23. The molecule has 4 nitrogen and oxygen atoms in total. The Morgan fingerprint density at radius 1 is 0.521 bits per heavy atom. The minimum Gasteiger partial charge on any atom is -0.309 e. The van der Waals surface area contributed by atoms with E-state index < -0.39 is 0 Å². The van der Waals surface area contributed by atoms with Gasteiger partial charge in [-0.3, -0.25) is 0 Å². The Labute approximate surface area is 278 Å². The number of para-hydroxylation sites is 3. The van der Waals surface area contributed by atoms with Crippen molar-refractivity contribution in [2.24, 2.45) is 0 Å².